The molecular weight excluding hydrogens is 358 g/mol. The van der Waals surface area contributed by atoms with E-state index in [0.29, 0.717) is 18.5 Å². The third kappa shape index (κ3) is 4.51. The molecule has 2 N–H and O–H groups in total. The zero-order chi connectivity index (χ0) is 18.9. The highest BCUT2D eigenvalue weighted by Gasteiger charge is 2.30. The van der Waals surface area contributed by atoms with Crippen LogP contribution in [0.3, 0.4) is 0 Å². The number of hydrogen-bond acceptors (Lipinski definition) is 6. The second-order valence-corrected chi connectivity index (χ2v) is 9.52. The standard InChI is InChI=1S/C17H23N3O5S/c1-26(24,25)14-4-2-3-13(10-14)18-15-8-5-11(9-16(15)20(22)23)17(21)19-12-6-7-12/h5,8-9,12-14,18H,2-4,6-7,10H2,1H3,(H,19,21). The molecule has 0 radical (unpaired) electrons. The second kappa shape index (κ2) is 7.22. The molecule has 142 valence electrons. The number of hydrogen-bond donors (Lipinski definition) is 2. The minimum atomic E-state index is -3.13. The van der Waals surface area contributed by atoms with E-state index in [1.54, 1.807) is 6.07 Å². The molecular formula is C17H23N3O5S. The number of nitro benzene ring substituents is 1. The first-order chi connectivity index (χ1) is 12.2. The van der Waals surface area contributed by atoms with E-state index in [1.807, 2.05) is 0 Å². The van der Waals surface area contributed by atoms with Gasteiger partial charge in [-0.1, -0.05) is 6.42 Å². The molecule has 2 unspecified atom stereocenters. The summed E-state index contributed by atoms with van der Waals surface area (Å²) in [4.78, 5) is 23.0. The minimum absolute atomic E-state index is 0.145. The summed E-state index contributed by atoms with van der Waals surface area (Å²) < 4.78 is 23.6. The Labute approximate surface area is 152 Å². The SMILES string of the molecule is CS(=O)(=O)C1CCCC(Nc2ccc(C(=O)NC3CC3)cc2[N+](=O)[O-])C1. The minimum Gasteiger partial charge on any atom is -0.377 e. The third-order valence-electron chi connectivity index (χ3n) is 4.96. The molecule has 0 heterocycles. The van der Waals surface area contributed by atoms with Gasteiger partial charge in [-0.2, -0.15) is 0 Å². The van der Waals surface area contributed by atoms with Crippen LogP contribution in [0.15, 0.2) is 18.2 Å². The molecule has 2 aliphatic carbocycles. The van der Waals surface area contributed by atoms with Crippen LogP contribution < -0.4 is 10.6 Å². The highest BCUT2D eigenvalue weighted by molar-refractivity contribution is 7.91. The lowest BCUT2D eigenvalue weighted by atomic mass is 9.94. The Bertz CT molecular complexity index is 820. The van der Waals surface area contributed by atoms with E-state index >= 15 is 0 Å². The molecule has 1 amide bonds. The van der Waals surface area contributed by atoms with Gasteiger partial charge >= 0.3 is 0 Å². The van der Waals surface area contributed by atoms with Crippen LogP contribution in [0.2, 0.25) is 0 Å². The number of sulfone groups is 1. The van der Waals surface area contributed by atoms with Crippen LogP contribution >= 0.6 is 0 Å². The highest BCUT2D eigenvalue weighted by Crippen LogP contribution is 2.31. The van der Waals surface area contributed by atoms with Crippen LogP contribution in [0.4, 0.5) is 11.4 Å². The molecule has 0 saturated heterocycles. The number of nitro groups is 1. The van der Waals surface area contributed by atoms with Gasteiger partial charge < -0.3 is 10.6 Å². The highest BCUT2D eigenvalue weighted by atomic mass is 32.2. The maximum atomic E-state index is 12.1. The third-order valence-corrected chi connectivity index (χ3v) is 6.60. The quantitative estimate of drug-likeness (QED) is 0.576. The van der Waals surface area contributed by atoms with Crippen LogP contribution in [-0.2, 0) is 9.84 Å². The first-order valence-corrected chi connectivity index (χ1v) is 10.7. The van der Waals surface area contributed by atoms with Crippen molar-refractivity contribution in [2.45, 2.75) is 55.9 Å². The fraction of sp³-hybridized carbons (Fsp3) is 0.588. The Morgan fingerprint density at radius 3 is 2.54 bits per heavy atom. The average Bonchev–Trinajstić information content (AvgIpc) is 3.38. The summed E-state index contributed by atoms with van der Waals surface area (Å²) in [7, 11) is -3.13. The smallest absolute Gasteiger partial charge is 0.293 e. The van der Waals surface area contributed by atoms with Crippen molar-refractivity contribution in [2.75, 3.05) is 11.6 Å². The number of rotatable bonds is 6. The molecule has 2 aliphatic rings. The molecule has 2 fully saturated rings. The number of anilines is 1. The van der Waals surface area contributed by atoms with Crippen LogP contribution in [0.5, 0.6) is 0 Å². The fourth-order valence-corrected chi connectivity index (χ4v) is 4.50. The van der Waals surface area contributed by atoms with E-state index in [4.69, 9.17) is 0 Å². The van der Waals surface area contributed by atoms with Crippen molar-refractivity contribution in [1.82, 2.24) is 5.32 Å². The summed E-state index contributed by atoms with van der Waals surface area (Å²) in [5.41, 5.74) is 0.402. The molecule has 2 saturated carbocycles. The first-order valence-electron chi connectivity index (χ1n) is 8.79. The van der Waals surface area contributed by atoms with Crippen molar-refractivity contribution >= 4 is 27.1 Å². The van der Waals surface area contributed by atoms with Gasteiger partial charge in [0.25, 0.3) is 11.6 Å². The van der Waals surface area contributed by atoms with Crippen molar-refractivity contribution in [3.05, 3.63) is 33.9 Å². The molecule has 2 atom stereocenters. The van der Waals surface area contributed by atoms with Crippen LogP contribution in [0.25, 0.3) is 0 Å². The topological polar surface area (TPSA) is 118 Å². The van der Waals surface area contributed by atoms with Gasteiger partial charge in [-0.15, -0.1) is 0 Å². The van der Waals surface area contributed by atoms with Crippen LogP contribution in [0.1, 0.15) is 48.9 Å². The lowest BCUT2D eigenvalue weighted by Crippen LogP contribution is -2.34. The maximum absolute atomic E-state index is 12.1. The van der Waals surface area contributed by atoms with E-state index < -0.39 is 20.0 Å². The second-order valence-electron chi connectivity index (χ2n) is 7.20. The Kier molecular flexibility index (Phi) is 5.17. The largest absolute Gasteiger partial charge is 0.377 e. The monoisotopic (exact) mass is 381 g/mol. The van der Waals surface area contributed by atoms with Crippen molar-refractivity contribution in [3.8, 4) is 0 Å². The average molecular weight is 381 g/mol. The van der Waals surface area contributed by atoms with Gasteiger partial charge in [0.1, 0.15) is 15.5 Å². The Morgan fingerprint density at radius 1 is 1.19 bits per heavy atom. The Morgan fingerprint density at radius 2 is 1.92 bits per heavy atom. The summed E-state index contributed by atoms with van der Waals surface area (Å²) in [5, 5.41) is 16.9. The van der Waals surface area contributed by atoms with Gasteiger partial charge in [0.2, 0.25) is 0 Å². The molecule has 0 bridgehead atoms. The molecule has 26 heavy (non-hydrogen) atoms. The fourth-order valence-electron chi connectivity index (χ4n) is 3.33. The van der Waals surface area contributed by atoms with E-state index in [2.05, 4.69) is 10.6 Å². The van der Waals surface area contributed by atoms with Gasteiger partial charge in [-0.25, -0.2) is 8.42 Å². The number of carbonyl (C=O) groups excluding carboxylic acids is 1. The summed E-state index contributed by atoms with van der Waals surface area (Å²) >= 11 is 0. The number of nitrogens with zero attached hydrogens (tertiary/aromatic N) is 1. The summed E-state index contributed by atoms with van der Waals surface area (Å²) in [6, 6.07) is 4.40. The van der Waals surface area contributed by atoms with Crippen molar-refractivity contribution in [3.63, 3.8) is 0 Å². The van der Waals surface area contributed by atoms with Crippen molar-refractivity contribution in [2.24, 2.45) is 0 Å². The predicted molar refractivity (Wildman–Crippen MR) is 98.1 cm³/mol. The van der Waals surface area contributed by atoms with Gasteiger partial charge in [0, 0.05) is 30.0 Å². The predicted octanol–water partition coefficient (Wildman–Crippen LogP) is 2.25. The molecule has 0 aliphatic heterocycles. The van der Waals surface area contributed by atoms with Crippen molar-refractivity contribution in [1.29, 1.82) is 0 Å². The zero-order valence-corrected chi connectivity index (χ0v) is 15.4. The molecule has 0 spiro atoms. The van der Waals surface area contributed by atoms with E-state index in [-0.39, 0.29) is 29.2 Å². The number of nitrogens with one attached hydrogen (secondary N) is 2. The van der Waals surface area contributed by atoms with Gasteiger partial charge in [0.05, 0.1) is 10.2 Å². The first kappa shape index (κ1) is 18.6. The molecule has 0 aromatic heterocycles. The molecule has 3 rings (SSSR count). The van der Waals surface area contributed by atoms with E-state index in [1.165, 1.54) is 18.4 Å². The molecule has 8 nitrogen and oxygen atoms in total. The van der Waals surface area contributed by atoms with Crippen LogP contribution in [0, 0.1) is 10.1 Å². The van der Waals surface area contributed by atoms with Gasteiger partial charge in [0.15, 0.2) is 0 Å². The Hall–Kier alpha value is -2.16. The summed E-state index contributed by atoms with van der Waals surface area (Å²) in [6.45, 7) is 0. The lowest BCUT2D eigenvalue weighted by Gasteiger charge is -2.29. The Balaban J connectivity index is 1.76. The van der Waals surface area contributed by atoms with E-state index in [0.717, 1.165) is 25.7 Å². The molecule has 1 aromatic carbocycles. The van der Waals surface area contributed by atoms with Gasteiger partial charge in [-0.05, 0) is 44.2 Å². The molecule has 9 heteroatoms. The normalized spacial score (nSPS) is 23.3. The van der Waals surface area contributed by atoms with E-state index in [9.17, 15) is 23.3 Å². The number of carbonyl (C=O) groups is 1. The van der Waals surface area contributed by atoms with Crippen molar-refractivity contribution < 1.29 is 18.1 Å². The number of benzene rings is 1. The van der Waals surface area contributed by atoms with Gasteiger partial charge in [-0.3, -0.25) is 14.9 Å². The molecule has 1 aromatic rings. The summed E-state index contributed by atoms with van der Waals surface area (Å²) in [5.74, 6) is -0.308. The summed E-state index contributed by atoms with van der Waals surface area (Å²) in [6.07, 6.45) is 5.68. The van der Waals surface area contributed by atoms with Crippen LogP contribution in [-0.4, -0.2) is 42.8 Å². The zero-order valence-electron chi connectivity index (χ0n) is 14.6. The maximum Gasteiger partial charge on any atom is 0.293 e. The lowest BCUT2D eigenvalue weighted by molar-refractivity contribution is -0.384. The number of amides is 1.